The summed E-state index contributed by atoms with van der Waals surface area (Å²) in [5.41, 5.74) is 10.9. The molecule has 3 fully saturated rings. The van der Waals surface area contributed by atoms with Crippen LogP contribution in [0.15, 0.2) is 15.6 Å². The third-order valence-corrected chi connectivity index (χ3v) is 5.76. The summed E-state index contributed by atoms with van der Waals surface area (Å²) in [4.78, 5) is 18.0. The lowest BCUT2D eigenvalue weighted by molar-refractivity contribution is -0.0527. The van der Waals surface area contributed by atoms with E-state index < -0.39 is 22.5 Å². The van der Waals surface area contributed by atoms with Crippen molar-refractivity contribution in [2.75, 3.05) is 13.1 Å². The molecular formula is C14H20N6O6S. The van der Waals surface area contributed by atoms with Crippen LogP contribution < -0.4 is 11.5 Å². The molecule has 1 aliphatic carbocycles. The largest absolute Gasteiger partial charge is 0.418 e. The van der Waals surface area contributed by atoms with Crippen LogP contribution in [0, 0.1) is 5.41 Å². The number of hydrogen-bond donors (Lipinski definition) is 3. The van der Waals surface area contributed by atoms with Gasteiger partial charge < -0.3 is 20.9 Å². The summed E-state index contributed by atoms with van der Waals surface area (Å²) in [7, 11) is -4.79. The number of urea groups is 1. The second kappa shape index (κ2) is 6.07. The zero-order valence-electron chi connectivity index (χ0n) is 14.3. The fourth-order valence-corrected chi connectivity index (χ4v) is 4.35. The fourth-order valence-electron chi connectivity index (χ4n) is 3.98. The average molecular weight is 400 g/mol. The summed E-state index contributed by atoms with van der Waals surface area (Å²) in [6, 6.07) is 0.364. The van der Waals surface area contributed by atoms with Gasteiger partial charge in [0, 0.05) is 25.6 Å². The molecule has 148 valence electrons. The Morgan fingerprint density at radius 1 is 1.48 bits per heavy atom. The van der Waals surface area contributed by atoms with Crippen LogP contribution in [0.3, 0.4) is 0 Å². The van der Waals surface area contributed by atoms with Crippen LogP contribution in [0.25, 0.3) is 0 Å². The highest BCUT2D eigenvalue weighted by Crippen LogP contribution is 2.61. The molecule has 2 saturated heterocycles. The normalized spacial score (nSPS) is 25.9. The number of carbonyl (C=O) groups excluding carboxylic acids is 1. The van der Waals surface area contributed by atoms with Gasteiger partial charge in [-0.15, -0.1) is 4.28 Å². The molecule has 1 saturated carbocycles. The number of rotatable bonds is 6. The molecule has 12 nitrogen and oxygen atoms in total. The number of amides is 2. The van der Waals surface area contributed by atoms with Gasteiger partial charge in [-0.05, 0) is 24.7 Å². The second-order valence-corrected chi connectivity index (χ2v) is 8.14. The van der Waals surface area contributed by atoms with Gasteiger partial charge in [0.05, 0.1) is 12.1 Å². The Balaban J connectivity index is 1.55. The standard InChI is InChI=1S/C14H20N6O6S/c15-12(16)17-4-1-8-5-9(18-25-8)10-6-14(2-3-14)11-7-19(10)13(21)20(11)26-27(22,23)24/h5,10-11H,1-4,6-7H2,(H4,15,16,17)(H,22,23,24)/t10-,11-/m0/s1. The minimum atomic E-state index is -4.79. The van der Waals surface area contributed by atoms with Crippen molar-refractivity contribution in [1.29, 1.82) is 0 Å². The van der Waals surface area contributed by atoms with Crippen molar-refractivity contribution < 1.29 is 26.6 Å². The first-order valence-corrected chi connectivity index (χ1v) is 9.83. The van der Waals surface area contributed by atoms with Gasteiger partial charge in [0.2, 0.25) is 0 Å². The first-order valence-electron chi connectivity index (χ1n) is 8.46. The molecule has 3 heterocycles. The highest BCUT2D eigenvalue weighted by molar-refractivity contribution is 7.80. The van der Waals surface area contributed by atoms with E-state index in [-0.39, 0.29) is 17.4 Å². The lowest BCUT2D eigenvalue weighted by Gasteiger charge is -2.35. The van der Waals surface area contributed by atoms with Crippen molar-refractivity contribution in [3.63, 3.8) is 0 Å². The van der Waals surface area contributed by atoms with Crippen molar-refractivity contribution in [3.8, 4) is 0 Å². The Kier molecular flexibility index (Phi) is 4.05. The maximum atomic E-state index is 12.7. The van der Waals surface area contributed by atoms with Gasteiger partial charge in [-0.25, -0.2) is 4.79 Å². The number of hydroxylamine groups is 2. The number of carbonyl (C=O) groups is 1. The summed E-state index contributed by atoms with van der Waals surface area (Å²) in [5.74, 6) is 0.574. The van der Waals surface area contributed by atoms with E-state index in [0.29, 0.717) is 37.4 Å². The molecule has 2 atom stereocenters. The van der Waals surface area contributed by atoms with Crippen LogP contribution in [0.5, 0.6) is 0 Å². The number of guanidine groups is 1. The maximum absolute atomic E-state index is 12.7. The van der Waals surface area contributed by atoms with Crippen LogP contribution >= 0.6 is 0 Å². The SMILES string of the molecule is NC(N)=NCCc1cc([C@@H]2CC3(CC3)[C@@H]3CN2C(=O)N3OS(=O)(=O)O)no1. The molecule has 2 bridgehead atoms. The van der Waals surface area contributed by atoms with Crippen LogP contribution in [-0.4, -0.2) is 59.2 Å². The number of piperidine rings is 1. The molecule has 3 aliphatic rings. The Bertz CT molecular complexity index is 890. The van der Waals surface area contributed by atoms with Crippen molar-refractivity contribution in [2.24, 2.45) is 21.9 Å². The monoisotopic (exact) mass is 400 g/mol. The molecule has 4 rings (SSSR count). The lowest BCUT2D eigenvalue weighted by Crippen LogP contribution is -2.43. The molecular weight excluding hydrogens is 380 g/mol. The van der Waals surface area contributed by atoms with Gasteiger partial charge in [-0.1, -0.05) is 5.16 Å². The summed E-state index contributed by atoms with van der Waals surface area (Å²) in [6.45, 7) is 0.654. The molecule has 1 spiro atoms. The molecule has 5 N–H and O–H groups in total. The molecule has 27 heavy (non-hydrogen) atoms. The summed E-state index contributed by atoms with van der Waals surface area (Å²) in [6.07, 6.45) is 2.76. The molecule has 2 amide bonds. The van der Waals surface area contributed by atoms with E-state index in [9.17, 15) is 13.2 Å². The Labute approximate surface area is 155 Å². The number of hydrogen-bond acceptors (Lipinski definition) is 7. The van der Waals surface area contributed by atoms with E-state index in [1.165, 1.54) is 4.90 Å². The predicted molar refractivity (Wildman–Crippen MR) is 90.3 cm³/mol. The minimum absolute atomic E-state index is 0.00896. The third-order valence-electron chi connectivity index (χ3n) is 5.41. The van der Waals surface area contributed by atoms with Crippen LogP contribution in [0.1, 0.15) is 36.8 Å². The predicted octanol–water partition coefficient (Wildman–Crippen LogP) is -0.444. The first-order chi connectivity index (χ1) is 12.7. The fraction of sp³-hybridized carbons (Fsp3) is 0.643. The van der Waals surface area contributed by atoms with Gasteiger partial charge in [0.25, 0.3) is 0 Å². The van der Waals surface area contributed by atoms with Gasteiger partial charge >= 0.3 is 16.4 Å². The van der Waals surface area contributed by atoms with Crippen molar-refractivity contribution in [1.82, 2.24) is 15.1 Å². The molecule has 1 aromatic heterocycles. The van der Waals surface area contributed by atoms with E-state index in [2.05, 4.69) is 14.4 Å². The van der Waals surface area contributed by atoms with Crippen molar-refractivity contribution in [3.05, 3.63) is 17.5 Å². The zero-order valence-corrected chi connectivity index (χ0v) is 15.1. The van der Waals surface area contributed by atoms with Gasteiger partial charge in [-0.2, -0.15) is 13.5 Å². The van der Waals surface area contributed by atoms with Gasteiger partial charge in [0.1, 0.15) is 11.5 Å². The smallest absolute Gasteiger partial charge is 0.370 e. The second-order valence-electron chi connectivity index (χ2n) is 7.14. The highest BCUT2D eigenvalue weighted by atomic mass is 32.3. The van der Waals surface area contributed by atoms with Crippen molar-refractivity contribution >= 4 is 22.4 Å². The lowest BCUT2D eigenvalue weighted by atomic mass is 9.84. The number of nitrogens with two attached hydrogens (primary N) is 2. The molecule has 0 radical (unpaired) electrons. The van der Waals surface area contributed by atoms with Gasteiger partial charge in [0.15, 0.2) is 5.96 Å². The molecule has 2 aliphatic heterocycles. The highest BCUT2D eigenvalue weighted by Gasteiger charge is 2.64. The molecule has 0 unspecified atom stereocenters. The topological polar surface area (TPSA) is 178 Å². The van der Waals surface area contributed by atoms with E-state index in [4.69, 9.17) is 20.5 Å². The van der Waals surface area contributed by atoms with E-state index in [1.807, 2.05) is 0 Å². The maximum Gasteiger partial charge on any atom is 0.418 e. The quantitative estimate of drug-likeness (QED) is 0.324. The van der Waals surface area contributed by atoms with Gasteiger partial charge in [-0.3, -0.25) is 9.55 Å². The number of fused-ring (bicyclic) bond motifs is 3. The molecule has 0 aromatic carbocycles. The Morgan fingerprint density at radius 3 is 2.85 bits per heavy atom. The van der Waals surface area contributed by atoms with Crippen LogP contribution in [0.2, 0.25) is 0 Å². The van der Waals surface area contributed by atoms with E-state index in [0.717, 1.165) is 17.9 Å². The third kappa shape index (κ3) is 3.33. The minimum Gasteiger partial charge on any atom is -0.370 e. The van der Waals surface area contributed by atoms with Crippen LogP contribution in [0.4, 0.5) is 4.79 Å². The average Bonchev–Trinajstić information content (AvgIpc) is 3.07. The first kappa shape index (κ1) is 18.0. The summed E-state index contributed by atoms with van der Waals surface area (Å²) >= 11 is 0. The Morgan fingerprint density at radius 2 is 2.22 bits per heavy atom. The molecule has 1 aromatic rings. The zero-order chi connectivity index (χ0) is 19.4. The van der Waals surface area contributed by atoms with Crippen LogP contribution in [-0.2, 0) is 21.1 Å². The Hall–Kier alpha value is -2.38. The number of aliphatic imine (C=N–C) groups is 1. The summed E-state index contributed by atoms with van der Waals surface area (Å²) < 4.78 is 41.1. The molecule has 13 heteroatoms. The van der Waals surface area contributed by atoms with E-state index >= 15 is 0 Å². The summed E-state index contributed by atoms with van der Waals surface area (Å²) in [5, 5.41) is 4.85. The number of nitrogens with zero attached hydrogens (tertiary/aromatic N) is 4. The van der Waals surface area contributed by atoms with E-state index in [1.54, 1.807) is 6.07 Å². The van der Waals surface area contributed by atoms with Crippen molar-refractivity contribution in [2.45, 2.75) is 37.8 Å². The number of aromatic nitrogens is 1.